The molecule has 0 aromatic carbocycles. The van der Waals surface area contributed by atoms with Crippen LogP contribution in [-0.4, -0.2) is 22.3 Å². The molecule has 14 heavy (non-hydrogen) atoms. The quantitative estimate of drug-likeness (QED) is 0.791. The van der Waals surface area contributed by atoms with Gasteiger partial charge in [0.05, 0.1) is 0 Å². The lowest BCUT2D eigenvalue weighted by Gasteiger charge is -2.17. The number of nitrogens with zero attached hydrogens (tertiary/aromatic N) is 2. The number of aromatic nitrogens is 2. The topological polar surface area (TPSA) is 51.8 Å². The van der Waals surface area contributed by atoms with E-state index in [4.69, 9.17) is 5.73 Å². The van der Waals surface area contributed by atoms with E-state index in [0.29, 0.717) is 6.54 Å². The van der Waals surface area contributed by atoms with Gasteiger partial charge < -0.3 is 5.73 Å². The standard InChI is InChI=1S/C10H15N3S/c1-7-12-9(2-4-11)8-6-14-5-3-10(8)13-7/h2-6,11H2,1H3. The van der Waals surface area contributed by atoms with Gasteiger partial charge in [-0.15, -0.1) is 0 Å². The van der Waals surface area contributed by atoms with Gasteiger partial charge >= 0.3 is 0 Å². The van der Waals surface area contributed by atoms with Crippen molar-refractivity contribution in [3.8, 4) is 0 Å². The minimum absolute atomic E-state index is 0.674. The third kappa shape index (κ3) is 1.91. The van der Waals surface area contributed by atoms with Crippen molar-refractivity contribution in [2.75, 3.05) is 12.3 Å². The minimum Gasteiger partial charge on any atom is -0.330 e. The smallest absolute Gasteiger partial charge is 0.125 e. The Kier molecular flexibility index (Phi) is 3.03. The van der Waals surface area contributed by atoms with E-state index in [2.05, 4.69) is 9.97 Å². The zero-order valence-electron chi connectivity index (χ0n) is 8.42. The summed E-state index contributed by atoms with van der Waals surface area (Å²) >= 11 is 1.96. The van der Waals surface area contributed by atoms with Crippen LogP contribution in [-0.2, 0) is 18.6 Å². The summed E-state index contributed by atoms with van der Waals surface area (Å²) in [4.78, 5) is 8.96. The molecule has 2 heterocycles. The van der Waals surface area contributed by atoms with E-state index in [9.17, 15) is 0 Å². The van der Waals surface area contributed by atoms with Crippen LogP contribution in [0, 0.1) is 6.92 Å². The molecule has 0 fully saturated rings. The maximum Gasteiger partial charge on any atom is 0.125 e. The molecule has 1 aliphatic rings. The maximum atomic E-state index is 5.58. The molecule has 4 heteroatoms. The number of fused-ring (bicyclic) bond motifs is 1. The molecular weight excluding hydrogens is 194 g/mol. The van der Waals surface area contributed by atoms with Gasteiger partial charge in [0.2, 0.25) is 0 Å². The first-order chi connectivity index (χ1) is 6.81. The average Bonchev–Trinajstić information content (AvgIpc) is 2.18. The molecule has 3 nitrogen and oxygen atoms in total. The Hall–Kier alpha value is -0.610. The third-order valence-electron chi connectivity index (χ3n) is 2.40. The summed E-state index contributed by atoms with van der Waals surface area (Å²) in [6.07, 6.45) is 1.97. The lowest BCUT2D eigenvalue weighted by atomic mass is 10.1. The molecule has 0 saturated heterocycles. The molecule has 0 bridgehead atoms. The van der Waals surface area contributed by atoms with Crippen molar-refractivity contribution in [2.24, 2.45) is 5.73 Å². The zero-order valence-corrected chi connectivity index (χ0v) is 9.23. The van der Waals surface area contributed by atoms with Crippen LogP contribution >= 0.6 is 11.8 Å². The van der Waals surface area contributed by atoms with Gasteiger partial charge in [-0.3, -0.25) is 0 Å². The molecule has 1 aromatic heterocycles. The van der Waals surface area contributed by atoms with E-state index >= 15 is 0 Å². The Morgan fingerprint density at radius 1 is 1.43 bits per heavy atom. The van der Waals surface area contributed by atoms with Crippen LogP contribution in [0.1, 0.15) is 22.8 Å². The summed E-state index contributed by atoms with van der Waals surface area (Å²) in [5, 5.41) is 0. The van der Waals surface area contributed by atoms with Crippen molar-refractivity contribution in [1.82, 2.24) is 9.97 Å². The number of aryl methyl sites for hydroxylation is 2. The molecule has 0 saturated carbocycles. The molecule has 2 N–H and O–H groups in total. The number of hydrogen-bond donors (Lipinski definition) is 1. The summed E-state index contributed by atoms with van der Waals surface area (Å²) in [6, 6.07) is 0. The van der Waals surface area contributed by atoms with E-state index in [1.807, 2.05) is 18.7 Å². The summed E-state index contributed by atoms with van der Waals surface area (Å²) in [6.45, 7) is 2.63. The molecule has 1 aromatic rings. The minimum atomic E-state index is 0.674. The maximum absolute atomic E-state index is 5.58. The van der Waals surface area contributed by atoms with Gasteiger partial charge in [-0.2, -0.15) is 11.8 Å². The lowest BCUT2D eigenvalue weighted by molar-refractivity contribution is 0.830. The van der Waals surface area contributed by atoms with E-state index in [-0.39, 0.29) is 0 Å². The Balaban J connectivity index is 2.41. The van der Waals surface area contributed by atoms with Crippen molar-refractivity contribution < 1.29 is 0 Å². The van der Waals surface area contributed by atoms with Crippen molar-refractivity contribution in [3.63, 3.8) is 0 Å². The fraction of sp³-hybridized carbons (Fsp3) is 0.600. The monoisotopic (exact) mass is 209 g/mol. The second-order valence-corrected chi connectivity index (χ2v) is 4.59. The van der Waals surface area contributed by atoms with E-state index in [1.54, 1.807) is 0 Å². The normalized spacial score (nSPS) is 15.3. The highest BCUT2D eigenvalue weighted by Gasteiger charge is 2.16. The van der Waals surface area contributed by atoms with Crippen molar-refractivity contribution >= 4 is 11.8 Å². The molecule has 0 unspecified atom stereocenters. The fourth-order valence-corrected chi connectivity index (χ4v) is 2.80. The molecule has 0 spiro atoms. The molecule has 76 valence electrons. The predicted molar refractivity (Wildman–Crippen MR) is 59.4 cm³/mol. The Morgan fingerprint density at radius 2 is 2.29 bits per heavy atom. The summed E-state index contributed by atoms with van der Waals surface area (Å²) in [7, 11) is 0. The number of nitrogens with two attached hydrogens (primary N) is 1. The molecule has 2 rings (SSSR count). The van der Waals surface area contributed by atoms with E-state index in [1.165, 1.54) is 22.7 Å². The van der Waals surface area contributed by atoms with Gasteiger partial charge in [-0.25, -0.2) is 9.97 Å². The Labute approximate surface area is 88.5 Å². The summed E-state index contributed by atoms with van der Waals surface area (Å²) in [5.41, 5.74) is 9.34. The first-order valence-electron chi connectivity index (χ1n) is 4.94. The number of hydrogen-bond acceptors (Lipinski definition) is 4. The van der Waals surface area contributed by atoms with Crippen LogP contribution in [0.4, 0.5) is 0 Å². The van der Waals surface area contributed by atoms with Crippen LogP contribution < -0.4 is 5.73 Å². The highest BCUT2D eigenvalue weighted by atomic mass is 32.2. The van der Waals surface area contributed by atoms with Crippen LogP contribution in [0.25, 0.3) is 0 Å². The van der Waals surface area contributed by atoms with Gasteiger partial charge in [-0.1, -0.05) is 0 Å². The molecular formula is C10H15N3S. The number of rotatable bonds is 2. The van der Waals surface area contributed by atoms with Crippen LogP contribution in [0.15, 0.2) is 0 Å². The van der Waals surface area contributed by atoms with Crippen LogP contribution in [0.3, 0.4) is 0 Å². The zero-order chi connectivity index (χ0) is 9.97. The van der Waals surface area contributed by atoms with Gasteiger partial charge in [0.1, 0.15) is 5.82 Å². The summed E-state index contributed by atoms with van der Waals surface area (Å²) < 4.78 is 0. The second-order valence-electron chi connectivity index (χ2n) is 3.48. The largest absolute Gasteiger partial charge is 0.330 e. The first-order valence-corrected chi connectivity index (χ1v) is 6.10. The average molecular weight is 209 g/mol. The van der Waals surface area contributed by atoms with Crippen molar-refractivity contribution in [1.29, 1.82) is 0 Å². The van der Waals surface area contributed by atoms with E-state index < -0.39 is 0 Å². The second kappa shape index (κ2) is 4.28. The van der Waals surface area contributed by atoms with Gasteiger partial charge in [0.25, 0.3) is 0 Å². The van der Waals surface area contributed by atoms with Crippen LogP contribution in [0.5, 0.6) is 0 Å². The van der Waals surface area contributed by atoms with Crippen molar-refractivity contribution in [3.05, 3.63) is 22.8 Å². The molecule has 0 radical (unpaired) electrons. The van der Waals surface area contributed by atoms with Gasteiger partial charge in [-0.05, 0) is 25.6 Å². The van der Waals surface area contributed by atoms with Crippen LogP contribution in [0.2, 0.25) is 0 Å². The predicted octanol–water partition coefficient (Wildman–Crippen LogP) is 1.08. The Morgan fingerprint density at radius 3 is 3.07 bits per heavy atom. The molecule has 1 aliphatic heterocycles. The van der Waals surface area contributed by atoms with Gasteiger partial charge in [0.15, 0.2) is 0 Å². The molecule has 0 amide bonds. The molecule has 0 aliphatic carbocycles. The SMILES string of the molecule is Cc1nc(CCN)c2c(n1)CCSC2. The first kappa shape index (κ1) is 9.93. The molecule has 0 atom stereocenters. The highest BCUT2D eigenvalue weighted by molar-refractivity contribution is 7.98. The van der Waals surface area contributed by atoms with Crippen molar-refractivity contribution in [2.45, 2.75) is 25.5 Å². The highest BCUT2D eigenvalue weighted by Crippen LogP contribution is 2.25. The fourth-order valence-electron chi connectivity index (χ4n) is 1.78. The number of thioether (sulfide) groups is 1. The summed E-state index contributed by atoms with van der Waals surface area (Å²) in [5.74, 6) is 3.13. The third-order valence-corrected chi connectivity index (χ3v) is 3.39. The van der Waals surface area contributed by atoms with E-state index in [0.717, 1.165) is 24.4 Å². The lowest BCUT2D eigenvalue weighted by Crippen LogP contribution is -2.15. The van der Waals surface area contributed by atoms with Gasteiger partial charge in [0, 0.05) is 29.1 Å². The Bertz CT molecular complexity index is 338.